The van der Waals surface area contributed by atoms with Crippen LogP contribution >= 0.6 is 11.3 Å². The fourth-order valence-corrected chi connectivity index (χ4v) is 4.91. The highest BCUT2D eigenvalue weighted by Crippen LogP contribution is 2.53. The van der Waals surface area contributed by atoms with E-state index in [-0.39, 0.29) is 17.3 Å². The minimum Gasteiger partial charge on any atom is -0.304 e. The molecule has 6 heteroatoms. The van der Waals surface area contributed by atoms with Gasteiger partial charge >= 0.3 is 0 Å². The molecule has 2 aromatic heterocycles. The largest absolute Gasteiger partial charge is 0.304 e. The number of nitrogens with zero attached hydrogens (tertiary/aromatic N) is 2. The van der Waals surface area contributed by atoms with Gasteiger partial charge in [-0.1, -0.05) is 47.7 Å². The Kier molecular flexibility index (Phi) is 5.12. The SMILES string of the molecule is C[C@@H](C=O)NCc1ccc(-c2nc3ccc(C4(c5ccccc5)CC4)nc3s2)c(F)c1. The lowest BCUT2D eigenvalue weighted by Crippen LogP contribution is -2.26. The predicted molar refractivity (Wildman–Crippen MR) is 122 cm³/mol. The normalized spacial score (nSPS) is 15.7. The molecule has 0 spiro atoms. The van der Waals surface area contributed by atoms with Gasteiger partial charge in [0.05, 0.1) is 11.7 Å². The van der Waals surface area contributed by atoms with Crippen molar-refractivity contribution in [1.82, 2.24) is 15.3 Å². The smallest absolute Gasteiger partial charge is 0.144 e. The summed E-state index contributed by atoms with van der Waals surface area (Å²) >= 11 is 1.42. The molecule has 1 saturated carbocycles. The van der Waals surface area contributed by atoms with Gasteiger partial charge < -0.3 is 10.1 Å². The van der Waals surface area contributed by atoms with E-state index in [0.29, 0.717) is 17.1 Å². The molecule has 1 aliphatic rings. The van der Waals surface area contributed by atoms with Crippen molar-refractivity contribution in [2.24, 2.45) is 0 Å². The van der Waals surface area contributed by atoms with Gasteiger partial charge in [0.2, 0.25) is 0 Å². The van der Waals surface area contributed by atoms with Crippen molar-refractivity contribution < 1.29 is 9.18 Å². The molecule has 4 nitrogen and oxygen atoms in total. The topological polar surface area (TPSA) is 54.9 Å². The van der Waals surface area contributed by atoms with Crippen LogP contribution in [0.3, 0.4) is 0 Å². The molecule has 4 aromatic rings. The highest BCUT2D eigenvalue weighted by atomic mass is 32.1. The van der Waals surface area contributed by atoms with Crippen LogP contribution in [0.25, 0.3) is 20.9 Å². The number of hydrogen-bond acceptors (Lipinski definition) is 5. The minimum atomic E-state index is -0.319. The maximum absolute atomic E-state index is 14.8. The number of nitrogens with one attached hydrogen (secondary N) is 1. The lowest BCUT2D eigenvalue weighted by molar-refractivity contribution is -0.109. The van der Waals surface area contributed by atoms with Gasteiger partial charge in [-0.25, -0.2) is 14.4 Å². The van der Waals surface area contributed by atoms with E-state index in [2.05, 4.69) is 40.6 Å². The van der Waals surface area contributed by atoms with Crippen LogP contribution in [-0.4, -0.2) is 22.3 Å². The van der Waals surface area contributed by atoms with E-state index in [4.69, 9.17) is 4.98 Å². The van der Waals surface area contributed by atoms with Crippen molar-refractivity contribution in [3.05, 3.63) is 83.3 Å². The molecule has 2 heterocycles. The molecule has 31 heavy (non-hydrogen) atoms. The van der Waals surface area contributed by atoms with Gasteiger partial charge in [-0.3, -0.25) is 0 Å². The fraction of sp³-hybridized carbons (Fsp3) is 0.240. The van der Waals surface area contributed by atoms with Crippen LogP contribution in [0.1, 0.15) is 36.6 Å². The van der Waals surface area contributed by atoms with Crippen LogP contribution in [0, 0.1) is 5.82 Å². The van der Waals surface area contributed by atoms with Crippen LogP contribution in [0.4, 0.5) is 4.39 Å². The first-order chi connectivity index (χ1) is 15.1. The van der Waals surface area contributed by atoms with E-state index in [1.807, 2.05) is 18.2 Å². The molecule has 1 fully saturated rings. The summed E-state index contributed by atoms with van der Waals surface area (Å²) in [6, 6.07) is 19.4. The molecule has 0 aliphatic heterocycles. The van der Waals surface area contributed by atoms with Gasteiger partial charge in [-0.15, -0.1) is 0 Å². The molecular formula is C25H22FN3OS. The quantitative estimate of drug-likeness (QED) is 0.406. The first kappa shape index (κ1) is 20.0. The zero-order valence-electron chi connectivity index (χ0n) is 17.1. The van der Waals surface area contributed by atoms with Gasteiger partial charge in [0, 0.05) is 17.5 Å². The summed E-state index contributed by atoms with van der Waals surface area (Å²) < 4.78 is 14.8. The van der Waals surface area contributed by atoms with Crippen molar-refractivity contribution in [2.75, 3.05) is 0 Å². The lowest BCUT2D eigenvalue weighted by atomic mass is 9.92. The van der Waals surface area contributed by atoms with Crippen LogP contribution in [0.5, 0.6) is 0 Å². The van der Waals surface area contributed by atoms with Crippen molar-refractivity contribution in [2.45, 2.75) is 37.8 Å². The Balaban J connectivity index is 1.44. The number of halogens is 1. The number of aromatic nitrogens is 2. The number of carbonyl (C=O) groups is 1. The van der Waals surface area contributed by atoms with Gasteiger partial charge in [-0.05, 0) is 55.2 Å². The fourth-order valence-electron chi connectivity index (χ4n) is 3.94. The average Bonchev–Trinajstić information content (AvgIpc) is 3.51. The zero-order valence-corrected chi connectivity index (χ0v) is 18.0. The molecule has 0 radical (unpaired) electrons. The number of fused-ring (bicyclic) bond motifs is 1. The van der Waals surface area contributed by atoms with E-state index in [0.717, 1.165) is 40.7 Å². The Morgan fingerprint density at radius 1 is 1.13 bits per heavy atom. The molecule has 5 rings (SSSR count). The minimum absolute atomic E-state index is 0.00183. The highest BCUT2D eigenvalue weighted by molar-refractivity contribution is 7.21. The molecule has 2 aromatic carbocycles. The number of benzene rings is 2. The number of pyridine rings is 1. The molecular weight excluding hydrogens is 409 g/mol. The third-order valence-electron chi connectivity index (χ3n) is 5.92. The monoisotopic (exact) mass is 431 g/mol. The number of aldehydes is 1. The molecule has 0 amide bonds. The third-order valence-corrected chi connectivity index (χ3v) is 6.92. The Morgan fingerprint density at radius 2 is 1.94 bits per heavy atom. The second kappa shape index (κ2) is 7.94. The summed E-state index contributed by atoms with van der Waals surface area (Å²) in [6.07, 6.45) is 3.01. The van der Waals surface area contributed by atoms with E-state index in [1.54, 1.807) is 13.0 Å². The number of hydrogen-bond donors (Lipinski definition) is 1. The maximum atomic E-state index is 14.8. The van der Waals surface area contributed by atoms with Crippen LogP contribution < -0.4 is 5.32 Å². The van der Waals surface area contributed by atoms with E-state index < -0.39 is 0 Å². The molecule has 156 valence electrons. The number of rotatable bonds is 7. The first-order valence-electron chi connectivity index (χ1n) is 10.4. The molecule has 1 N–H and O–H groups in total. The second-order valence-corrected chi connectivity index (χ2v) is 9.09. The van der Waals surface area contributed by atoms with Gasteiger partial charge in [0.15, 0.2) is 0 Å². The summed E-state index contributed by atoms with van der Waals surface area (Å²) in [4.78, 5) is 21.1. The van der Waals surface area contributed by atoms with E-state index in [9.17, 15) is 9.18 Å². The standard InChI is InChI=1S/C25H22FN3OS/c1-16(15-30)27-14-17-7-8-19(20(26)13-17)23-28-21-9-10-22(29-24(21)31-23)25(11-12-25)18-5-3-2-4-6-18/h2-10,13,15-16,27H,11-12,14H2,1H3/t16-/m0/s1. The Bertz CT molecular complexity index is 1250. The van der Waals surface area contributed by atoms with Crippen molar-refractivity contribution in [3.8, 4) is 10.6 Å². The number of carbonyl (C=O) groups excluding carboxylic acids is 1. The number of thiazole rings is 1. The first-order valence-corrected chi connectivity index (χ1v) is 11.2. The van der Waals surface area contributed by atoms with Crippen LogP contribution in [-0.2, 0) is 16.8 Å². The van der Waals surface area contributed by atoms with Gasteiger partial charge in [0.25, 0.3) is 0 Å². The lowest BCUT2D eigenvalue weighted by Gasteiger charge is -2.14. The van der Waals surface area contributed by atoms with Crippen molar-refractivity contribution >= 4 is 28.0 Å². The van der Waals surface area contributed by atoms with Crippen molar-refractivity contribution in [3.63, 3.8) is 0 Å². The van der Waals surface area contributed by atoms with Crippen molar-refractivity contribution in [1.29, 1.82) is 0 Å². The Hall–Kier alpha value is -2.96. The van der Waals surface area contributed by atoms with Crippen LogP contribution in [0.15, 0.2) is 60.7 Å². The summed E-state index contributed by atoms with van der Waals surface area (Å²) in [7, 11) is 0. The molecule has 0 bridgehead atoms. The van der Waals surface area contributed by atoms with Gasteiger partial charge in [-0.2, -0.15) is 0 Å². The Morgan fingerprint density at radius 3 is 2.65 bits per heavy atom. The molecule has 0 saturated heterocycles. The summed E-state index contributed by atoms with van der Waals surface area (Å²) in [5.41, 5.74) is 4.41. The summed E-state index contributed by atoms with van der Waals surface area (Å²) in [5.74, 6) is -0.319. The Labute approximate surface area is 184 Å². The molecule has 1 atom stereocenters. The average molecular weight is 432 g/mol. The predicted octanol–water partition coefficient (Wildman–Crippen LogP) is 5.25. The third kappa shape index (κ3) is 3.77. The van der Waals surface area contributed by atoms with Crippen LogP contribution in [0.2, 0.25) is 0 Å². The summed E-state index contributed by atoms with van der Waals surface area (Å²) in [6.45, 7) is 2.20. The molecule has 1 aliphatic carbocycles. The van der Waals surface area contributed by atoms with E-state index >= 15 is 0 Å². The maximum Gasteiger partial charge on any atom is 0.144 e. The molecule has 0 unspecified atom stereocenters. The zero-order chi connectivity index (χ0) is 21.4. The van der Waals surface area contributed by atoms with E-state index in [1.165, 1.54) is 23.0 Å². The highest BCUT2D eigenvalue weighted by Gasteiger charge is 2.47. The van der Waals surface area contributed by atoms with Gasteiger partial charge in [0.1, 0.15) is 27.5 Å². The second-order valence-electron chi connectivity index (χ2n) is 8.11. The summed E-state index contributed by atoms with van der Waals surface area (Å²) in [5, 5.41) is 3.67.